The highest BCUT2D eigenvalue weighted by Gasteiger charge is 2.50. The second-order valence-electron chi connectivity index (χ2n) is 7.78. The summed E-state index contributed by atoms with van der Waals surface area (Å²) in [5.41, 5.74) is 0.919. The minimum absolute atomic E-state index is 0.0369. The summed E-state index contributed by atoms with van der Waals surface area (Å²) in [5, 5.41) is 11.1. The van der Waals surface area contributed by atoms with Crippen molar-refractivity contribution in [3.05, 3.63) is 69.7 Å². The third kappa shape index (κ3) is 4.19. The molecule has 0 saturated carbocycles. The Morgan fingerprint density at radius 3 is 2.50 bits per heavy atom. The van der Waals surface area contributed by atoms with Crippen LogP contribution in [0.25, 0.3) is 5.76 Å². The SMILES string of the molecule is CCOc1ccc(C(O)=C2C(=O)C(=O)N([C@H]3CCS(=O)(=O)C3)[C@@H]2c2cccc(Br)c2)cc1. The molecule has 0 spiro atoms. The van der Waals surface area contributed by atoms with Gasteiger partial charge in [-0.1, -0.05) is 28.1 Å². The lowest BCUT2D eigenvalue weighted by atomic mass is 9.94. The maximum atomic E-state index is 13.1. The van der Waals surface area contributed by atoms with E-state index in [0.717, 1.165) is 4.47 Å². The number of Topliss-reactive ketones (excluding diaryl/α,β-unsaturated/α-hetero) is 1. The Balaban J connectivity index is 1.85. The summed E-state index contributed by atoms with van der Waals surface area (Å²) in [4.78, 5) is 27.5. The molecule has 2 fully saturated rings. The van der Waals surface area contributed by atoms with Crippen molar-refractivity contribution < 1.29 is 27.9 Å². The lowest BCUT2D eigenvalue weighted by molar-refractivity contribution is -0.141. The number of ketones is 1. The fourth-order valence-electron chi connectivity index (χ4n) is 4.26. The van der Waals surface area contributed by atoms with Crippen LogP contribution in [0.1, 0.15) is 30.5 Å². The number of sulfone groups is 1. The Hall–Kier alpha value is -2.65. The number of halogens is 1. The molecule has 1 N–H and O–H groups in total. The van der Waals surface area contributed by atoms with Gasteiger partial charge in [-0.15, -0.1) is 0 Å². The van der Waals surface area contributed by atoms with E-state index in [2.05, 4.69) is 15.9 Å². The number of hydrogen-bond donors (Lipinski definition) is 1. The molecule has 0 unspecified atom stereocenters. The number of aliphatic hydroxyl groups is 1. The number of hydrogen-bond acceptors (Lipinski definition) is 6. The Morgan fingerprint density at radius 1 is 1.19 bits per heavy atom. The standard InChI is InChI=1S/C23H22BrNO6S/c1-2-31-18-8-6-14(7-9-18)21(26)19-20(15-4-3-5-16(24)12-15)25(23(28)22(19)27)17-10-11-32(29,30)13-17/h3-9,12,17,20,26H,2,10-11,13H2,1H3/t17-,20+/m0/s1. The first-order valence-electron chi connectivity index (χ1n) is 10.2. The van der Waals surface area contributed by atoms with Gasteiger partial charge < -0.3 is 14.7 Å². The van der Waals surface area contributed by atoms with E-state index in [9.17, 15) is 23.1 Å². The Bertz CT molecular complexity index is 1210. The van der Waals surface area contributed by atoms with Gasteiger partial charge in [0, 0.05) is 16.1 Å². The maximum absolute atomic E-state index is 13.1. The summed E-state index contributed by atoms with van der Waals surface area (Å²) in [6, 6.07) is 12.1. The summed E-state index contributed by atoms with van der Waals surface area (Å²) in [6.45, 7) is 2.35. The van der Waals surface area contributed by atoms with Crippen LogP contribution in [0.3, 0.4) is 0 Å². The zero-order valence-corrected chi connectivity index (χ0v) is 19.7. The maximum Gasteiger partial charge on any atom is 0.295 e. The number of carbonyl (C=O) groups is 2. The highest BCUT2D eigenvalue weighted by atomic mass is 79.9. The molecule has 7 nitrogen and oxygen atoms in total. The Kier molecular flexibility index (Phi) is 6.13. The van der Waals surface area contributed by atoms with E-state index in [-0.39, 0.29) is 29.3 Å². The van der Waals surface area contributed by atoms with E-state index >= 15 is 0 Å². The smallest absolute Gasteiger partial charge is 0.295 e. The van der Waals surface area contributed by atoms with Crippen LogP contribution in [-0.2, 0) is 19.4 Å². The van der Waals surface area contributed by atoms with Crippen LogP contribution in [0.4, 0.5) is 0 Å². The van der Waals surface area contributed by atoms with Crippen molar-refractivity contribution in [3.63, 3.8) is 0 Å². The van der Waals surface area contributed by atoms with E-state index in [0.29, 0.717) is 23.5 Å². The van der Waals surface area contributed by atoms with Crippen molar-refractivity contribution >= 4 is 43.2 Å². The summed E-state index contributed by atoms with van der Waals surface area (Å²) in [7, 11) is -3.29. The predicted molar refractivity (Wildman–Crippen MR) is 123 cm³/mol. The van der Waals surface area contributed by atoms with Crippen LogP contribution >= 0.6 is 15.9 Å². The van der Waals surface area contributed by atoms with Gasteiger partial charge in [-0.25, -0.2) is 8.42 Å². The minimum atomic E-state index is -3.29. The average Bonchev–Trinajstić information content (AvgIpc) is 3.24. The molecule has 2 heterocycles. The second-order valence-corrected chi connectivity index (χ2v) is 10.9. The molecular formula is C23H22BrNO6S. The van der Waals surface area contributed by atoms with Crippen molar-refractivity contribution in [2.45, 2.75) is 25.4 Å². The first kappa shape index (κ1) is 22.5. The van der Waals surface area contributed by atoms with E-state index in [4.69, 9.17) is 4.74 Å². The van der Waals surface area contributed by atoms with Gasteiger partial charge >= 0.3 is 0 Å². The van der Waals surface area contributed by atoms with Gasteiger partial charge in [0.1, 0.15) is 11.5 Å². The van der Waals surface area contributed by atoms with Crippen LogP contribution in [-0.4, -0.2) is 54.3 Å². The lowest BCUT2D eigenvalue weighted by Gasteiger charge is -2.30. The van der Waals surface area contributed by atoms with Gasteiger partial charge in [-0.3, -0.25) is 9.59 Å². The molecule has 168 valence electrons. The molecule has 2 atom stereocenters. The van der Waals surface area contributed by atoms with Gasteiger partial charge in [-0.05, 0) is 55.3 Å². The van der Waals surface area contributed by atoms with Crippen LogP contribution in [0, 0.1) is 0 Å². The average molecular weight is 520 g/mol. The molecule has 2 saturated heterocycles. The van der Waals surface area contributed by atoms with Crippen molar-refractivity contribution in [1.82, 2.24) is 4.90 Å². The number of likely N-dealkylation sites (tertiary alicyclic amines) is 1. The number of amides is 1. The van der Waals surface area contributed by atoms with E-state index < -0.39 is 33.6 Å². The molecule has 9 heteroatoms. The van der Waals surface area contributed by atoms with Crippen molar-refractivity contribution in [3.8, 4) is 5.75 Å². The topological polar surface area (TPSA) is 101 Å². The fourth-order valence-corrected chi connectivity index (χ4v) is 6.38. The molecule has 0 aliphatic carbocycles. The molecule has 0 bridgehead atoms. The third-order valence-electron chi connectivity index (χ3n) is 5.69. The van der Waals surface area contributed by atoms with E-state index in [1.807, 2.05) is 13.0 Å². The zero-order valence-electron chi connectivity index (χ0n) is 17.3. The first-order chi connectivity index (χ1) is 15.2. The number of aliphatic hydroxyl groups excluding tert-OH is 1. The predicted octanol–water partition coefficient (Wildman–Crippen LogP) is 3.46. The second kappa shape index (κ2) is 8.71. The molecule has 0 radical (unpaired) electrons. The van der Waals surface area contributed by atoms with Crippen molar-refractivity contribution in [2.75, 3.05) is 18.1 Å². The van der Waals surface area contributed by atoms with Crippen LogP contribution in [0.15, 0.2) is 58.6 Å². The van der Waals surface area contributed by atoms with Gasteiger partial charge in [0.05, 0.1) is 29.7 Å². The summed E-state index contributed by atoms with van der Waals surface area (Å²) >= 11 is 3.41. The fraction of sp³-hybridized carbons (Fsp3) is 0.304. The normalized spacial score (nSPS) is 24.1. The van der Waals surface area contributed by atoms with Gasteiger partial charge in [-0.2, -0.15) is 0 Å². The molecule has 0 aromatic heterocycles. The van der Waals surface area contributed by atoms with Crippen molar-refractivity contribution in [2.24, 2.45) is 0 Å². The molecule has 2 aliphatic rings. The highest BCUT2D eigenvalue weighted by molar-refractivity contribution is 9.10. The third-order valence-corrected chi connectivity index (χ3v) is 7.93. The molecule has 1 amide bonds. The molecule has 2 aliphatic heterocycles. The minimum Gasteiger partial charge on any atom is -0.507 e. The molecule has 2 aromatic rings. The number of rotatable bonds is 5. The first-order valence-corrected chi connectivity index (χ1v) is 12.8. The van der Waals surface area contributed by atoms with Crippen molar-refractivity contribution in [1.29, 1.82) is 0 Å². The summed E-state index contributed by atoms with van der Waals surface area (Å²) < 4.78 is 30.4. The lowest BCUT2D eigenvalue weighted by Crippen LogP contribution is -2.40. The molecule has 2 aromatic carbocycles. The molecule has 32 heavy (non-hydrogen) atoms. The van der Waals surface area contributed by atoms with E-state index in [1.54, 1.807) is 42.5 Å². The number of carbonyl (C=O) groups excluding carboxylic acids is 2. The van der Waals surface area contributed by atoms with Crippen LogP contribution in [0.5, 0.6) is 5.75 Å². The number of nitrogens with zero attached hydrogens (tertiary/aromatic N) is 1. The molecule has 4 rings (SSSR count). The van der Waals surface area contributed by atoms with Gasteiger partial charge in [0.15, 0.2) is 9.84 Å². The number of benzene rings is 2. The molecular weight excluding hydrogens is 498 g/mol. The Labute approximate surface area is 194 Å². The van der Waals surface area contributed by atoms with E-state index in [1.165, 1.54) is 4.90 Å². The summed E-state index contributed by atoms with van der Waals surface area (Å²) in [5.74, 6) is -1.56. The van der Waals surface area contributed by atoms with Gasteiger partial charge in [0.2, 0.25) is 0 Å². The highest BCUT2D eigenvalue weighted by Crippen LogP contribution is 2.42. The largest absolute Gasteiger partial charge is 0.507 e. The van der Waals surface area contributed by atoms with Gasteiger partial charge in [0.25, 0.3) is 11.7 Å². The summed E-state index contributed by atoms with van der Waals surface area (Å²) in [6.07, 6.45) is 0.253. The Morgan fingerprint density at radius 2 is 1.91 bits per heavy atom. The monoisotopic (exact) mass is 519 g/mol. The van der Waals surface area contributed by atoms with Crippen LogP contribution in [0.2, 0.25) is 0 Å². The van der Waals surface area contributed by atoms with Crippen LogP contribution < -0.4 is 4.74 Å². The number of ether oxygens (including phenoxy) is 1. The quantitative estimate of drug-likeness (QED) is 0.368. The zero-order chi connectivity index (χ0) is 23.0.